The van der Waals surface area contributed by atoms with Crippen LogP contribution in [0, 0.1) is 0 Å². The van der Waals surface area contributed by atoms with Gasteiger partial charge in [-0.1, -0.05) is 6.58 Å². The van der Waals surface area contributed by atoms with Crippen LogP contribution in [-0.2, 0) is 4.74 Å². The van der Waals surface area contributed by atoms with Gasteiger partial charge in [-0.05, 0) is 41.5 Å². The topological polar surface area (TPSA) is 83.2 Å². The zero-order valence-electron chi connectivity index (χ0n) is 16.6. The highest BCUT2D eigenvalue weighted by molar-refractivity contribution is 5.78. The van der Waals surface area contributed by atoms with Crippen LogP contribution in [0.25, 0.3) is 0 Å². The van der Waals surface area contributed by atoms with Crippen LogP contribution in [0.4, 0.5) is 4.79 Å². The summed E-state index contributed by atoms with van der Waals surface area (Å²) in [6, 6.07) is 0.369. The van der Waals surface area contributed by atoms with Crippen molar-refractivity contribution in [2.45, 2.75) is 59.2 Å². The maximum Gasteiger partial charge on any atom is 0.410 e. The Labute approximate surface area is 151 Å². The number of carbonyl (C=O) groups excluding carboxylic acids is 1. The molecule has 1 rings (SSSR count). The van der Waals surface area contributed by atoms with Gasteiger partial charge in [-0.25, -0.2) is 9.79 Å². The van der Waals surface area contributed by atoms with Crippen LogP contribution >= 0.6 is 0 Å². The average Bonchev–Trinajstić information content (AvgIpc) is 2.32. The lowest BCUT2D eigenvalue weighted by atomic mass is 10.1. The monoisotopic (exact) mass is 351 g/mol. The molecule has 1 saturated heterocycles. The molecule has 0 aromatic carbocycles. The third kappa shape index (κ3) is 7.07. The number of carbonyl (C=O) groups is 1. The van der Waals surface area contributed by atoms with E-state index in [1.807, 2.05) is 40.7 Å². The van der Waals surface area contributed by atoms with Crippen molar-refractivity contribution in [1.29, 1.82) is 0 Å². The Morgan fingerprint density at radius 2 is 2.00 bits per heavy atom. The number of amidine groups is 1. The molecule has 7 heteroatoms. The van der Waals surface area contributed by atoms with Crippen molar-refractivity contribution in [3.05, 3.63) is 24.2 Å². The molecule has 0 unspecified atom stereocenters. The molecule has 0 saturated carbocycles. The molecule has 1 heterocycles. The zero-order chi connectivity index (χ0) is 19.4. The molecule has 0 aliphatic carbocycles. The molecular formula is C18H33N5O2. The molecular weight excluding hydrogens is 318 g/mol. The summed E-state index contributed by atoms with van der Waals surface area (Å²) in [6.07, 6.45) is 1.56. The third-order valence-corrected chi connectivity index (χ3v) is 3.48. The molecule has 0 spiro atoms. The normalized spacial score (nSPS) is 16.6. The molecule has 1 aliphatic rings. The van der Waals surface area contributed by atoms with Crippen molar-refractivity contribution >= 4 is 11.9 Å². The second-order valence-corrected chi connectivity index (χ2v) is 7.73. The summed E-state index contributed by atoms with van der Waals surface area (Å²) >= 11 is 0. The van der Waals surface area contributed by atoms with Crippen LogP contribution in [0.3, 0.4) is 0 Å². The van der Waals surface area contributed by atoms with Crippen LogP contribution in [0.2, 0.25) is 0 Å². The number of hydrogen-bond donors (Lipinski definition) is 2. The van der Waals surface area contributed by atoms with Gasteiger partial charge in [0.2, 0.25) is 0 Å². The van der Waals surface area contributed by atoms with Crippen molar-refractivity contribution in [2.24, 2.45) is 10.7 Å². The molecule has 0 bridgehead atoms. The molecule has 7 nitrogen and oxygen atoms in total. The SMILES string of the molecule is C=C(/C=C(\N=C(/C)N)N1CC(N(C)C(=O)OC(C)(C)C)C1)NC(C)C. The highest BCUT2D eigenvalue weighted by Gasteiger charge is 2.35. The number of ether oxygens (including phenoxy) is 1. The molecule has 25 heavy (non-hydrogen) atoms. The molecule has 0 radical (unpaired) electrons. The lowest BCUT2D eigenvalue weighted by Gasteiger charge is -2.45. The van der Waals surface area contributed by atoms with Gasteiger partial charge in [0.15, 0.2) is 0 Å². The number of likely N-dealkylation sites (tertiary alicyclic amines) is 1. The third-order valence-electron chi connectivity index (χ3n) is 3.48. The van der Waals surface area contributed by atoms with Gasteiger partial charge in [0.1, 0.15) is 11.4 Å². The molecule has 0 atom stereocenters. The van der Waals surface area contributed by atoms with Gasteiger partial charge in [-0.15, -0.1) is 0 Å². The Morgan fingerprint density at radius 1 is 1.44 bits per heavy atom. The number of aliphatic imine (C=N–C) groups is 1. The minimum atomic E-state index is -0.499. The van der Waals surface area contributed by atoms with Gasteiger partial charge < -0.3 is 25.6 Å². The quantitative estimate of drug-likeness (QED) is 0.436. The smallest absolute Gasteiger partial charge is 0.410 e. The van der Waals surface area contributed by atoms with Crippen molar-refractivity contribution in [3.63, 3.8) is 0 Å². The Balaban J connectivity index is 2.72. The first kappa shape index (κ1) is 20.9. The van der Waals surface area contributed by atoms with E-state index < -0.39 is 5.60 Å². The van der Waals surface area contributed by atoms with Crippen molar-refractivity contribution < 1.29 is 9.53 Å². The Kier molecular flexibility index (Phi) is 6.90. The Bertz CT molecular complexity index is 550. The lowest BCUT2D eigenvalue weighted by molar-refractivity contribution is 0.00254. The van der Waals surface area contributed by atoms with Crippen LogP contribution in [-0.4, -0.2) is 59.6 Å². The van der Waals surface area contributed by atoms with E-state index in [1.54, 1.807) is 18.9 Å². The zero-order valence-corrected chi connectivity index (χ0v) is 16.6. The summed E-state index contributed by atoms with van der Waals surface area (Å²) in [5, 5.41) is 3.24. The predicted octanol–water partition coefficient (Wildman–Crippen LogP) is 2.27. The van der Waals surface area contributed by atoms with E-state index in [2.05, 4.69) is 21.8 Å². The predicted molar refractivity (Wildman–Crippen MR) is 102 cm³/mol. The molecule has 0 aromatic heterocycles. The van der Waals surface area contributed by atoms with Gasteiger partial charge >= 0.3 is 6.09 Å². The summed E-state index contributed by atoms with van der Waals surface area (Å²) in [7, 11) is 1.76. The minimum absolute atomic E-state index is 0.0813. The number of allylic oxidation sites excluding steroid dienone is 1. The van der Waals surface area contributed by atoms with E-state index in [9.17, 15) is 4.79 Å². The van der Waals surface area contributed by atoms with E-state index in [0.29, 0.717) is 18.9 Å². The van der Waals surface area contributed by atoms with Gasteiger partial charge in [-0.2, -0.15) is 0 Å². The number of rotatable bonds is 6. The summed E-state index contributed by atoms with van der Waals surface area (Å²) in [4.78, 5) is 20.2. The number of nitrogens with one attached hydrogen (secondary N) is 1. The minimum Gasteiger partial charge on any atom is -0.444 e. The molecule has 1 amide bonds. The standard InChI is InChI=1S/C18H33N5O2/c1-12(2)20-13(3)9-16(21-14(4)19)23-10-15(11-23)22(8)17(24)25-18(5,6)7/h9,12,15,20H,3,10-11H2,1-2,4-8H3,(H2,19,21)/b16-9+. The first-order valence-corrected chi connectivity index (χ1v) is 8.57. The van der Waals surface area contributed by atoms with Crippen molar-refractivity contribution in [2.75, 3.05) is 20.1 Å². The maximum atomic E-state index is 12.1. The number of amides is 1. The maximum absolute atomic E-state index is 12.1. The molecule has 1 fully saturated rings. The van der Waals surface area contributed by atoms with Crippen LogP contribution < -0.4 is 11.1 Å². The largest absolute Gasteiger partial charge is 0.444 e. The van der Waals surface area contributed by atoms with Gasteiger partial charge in [-0.3, -0.25) is 0 Å². The second kappa shape index (κ2) is 8.27. The number of nitrogens with two attached hydrogens (primary N) is 1. The highest BCUT2D eigenvalue weighted by Crippen LogP contribution is 2.22. The van der Waals surface area contributed by atoms with Crippen LogP contribution in [0.15, 0.2) is 29.2 Å². The van der Waals surface area contributed by atoms with E-state index in [1.165, 1.54) is 0 Å². The van der Waals surface area contributed by atoms with Gasteiger partial charge in [0.05, 0.1) is 11.9 Å². The highest BCUT2D eigenvalue weighted by atomic mass is 16.6. The first-order chi connectivity index (χ1) is 11.4. The number of hydrogen-bond acceptors (Lipinski definition) is 5. The van der Waals surface area contributed by atoms with Crippen LogP contribution in [0.1, 0.15) is 41.5 Å². The number of nitrogens with zero attached hydrogens (tertiary/aromatic N) is 3. The fraction of sp³-hybridized carbons (Fsp3) is 0.667. The fourth-order valence-electron chi connectivity index (χ4n) is 2.31. The summed E-state index contributed by atoms with van der Waals surface area (Å²) < 4.78 is 5.41. The fourth-order valence-corrected chi connectivity index (χ4v) is 2.31. The van der Waals surface area contributed by atoms with E-state index in [0.717, 1.165) is 11.5 Å². The van der Waals surface area contributed by atoms with Crippen molar-refractivity contribution in [1.82, 2.24) is 15.1 Å². The second-order valence-electron chi connectivity index (χ2n) is 7.73. The molecule has 0 aromatic rings. The molecule has 142 valence electrons. The Morgan fingerprint density at radius 3 is 2.44 bits per heavy atom. The van der Waals surface area contributed by atoms with E-state index in [4.69, 9.17) is 10.5 Å². The Hall–Kier alpha value is -2.18. The summed E-state index contributed by atoms with van der Waals surface area (Å²) in [5.41, 5.74) is 6.02. The number of likely N-dealkylation sites (N-methyl/N-ethyl adjacent to an activating group) is 1. The van der Waals surface area contributed by atoms with Gasteiger partial charge in [0.25, 0.3) is 0 Å². The van der Waals surface area contributed by atoms with Gasteiger partial charge in [0, 0.05) is 38.0 Å². The van der Waals surface area contributed by atoms with E-state index in [-0.39, 0.29) is 18.2 Å². The molecule has 1 aliphatic heterocycles. The lowest BCUT2D eigenvalue weighted by Crippen LogP contribution is -2.59. The summed E-state index contributed by atoms with van der Waals surface area (Å²) in [6.45, 7) is 16.8. The first-order valence-electron chi connectivity index (χ1n) is 8.57. The molecule has 3 N–H and O–H groups in total. The van der Waals surface area contributed by atoms with Crippen LogP contribution in [0.5, 0.6) is 0 Å². The van der Waals surface area contributed by atoms with Crippen molar-refractivity contribution in [3.8, 4) is 0 Å². The average molecular weight is 351 g/mol. The summed E-state index contributed by atoms with van der Waals surface area (Å²) in [5.74, 6) is 1.22. The van der Waals surface area contributed by atoms with E-state index >= 15 is 0 Å².